The van der Waals surface area contributed by atoms with E-state index in [4.69, 9.17) is 10.2 Å². The van der Waals surface area contributed by atoms with E-state index >= 15 is 0 Å². The van der Waals surface area contributed by atoms with Gasteiger partial charge in [0.1, 0.15) is 0 Å². The first-order chi connectivity index (χ1) is 7.33. The Balaban J connectivity index is 2.18. The van der Waals surface area contributed by atoms with Gasteiger partial charge in [-0.15, -0.1) is 0 Å². The summed E-state index contributed by atoms with van der Waals surface area (Å²) in [6.07, 6.45) is 3.52. The van der Waals surface area contributed by atoms with Gasteiger partial charge in [-0.3, -0.25) is 0 Å². The topological polar surface area (TPSA) is 40.5 Å². The minimum absolute atomic E-state index is 0.157. The molecule has 0 heterocycles. The molecule has 0 bridgehead atoms. The summed E-state index contributed by atoms with van der Waals surface area (Å²) in [5.41, 5.74) is 1.18. The van der Waals surface area contributed by atoms with Crippen LogP contribution >= 0.6 is 11.8 Å². The Hall–Kier alpha value is -0.770. The Morgan fingerprint density at radius 2 is 2.00 bits per heavy atom. The van der Waals surface area contributed by atoms with Gasteiger partial charge in [0, 0.05) is 11.5 Å². The maximum absolute atomic E-state index is 9.08. The predicted octanol–water partition coefficient (Wildman–Crippen LogP) is 1.79. The average Bonchev–Trinajstić information content (AvgIpc) is 2.29. The molecule has 0 fully saturated rings. The van der Waals surface area contributed by atoms with Gasteiger partial charge in [0.25, 0.3) is 0 Å². The van der Waals surface area contributed by atoms with E-state index in [2.05, 4.69) is 12.2 Å². The van der Waals surface area contributed by atoms with Crippen molar-refractivity contribution in [2.75, 3.05) is 18.1 Å². The summed E-state index contributed by atoms with van der Waals surface area (Å²) >= 11 is 1.61. The fourth-order valence-corrected chi connectivity index (χ4v) is 1.82. The molecule has 0 unspecified atom stereocenters. The van der Waals surface area contributed by atoms with Crippen molar-refractivity contribution in [1.82, 2.24) is 0 Å². The van der Waals surface area contributed by atoms with Crippen LogP contribution in [0.25, 0.3) is 6.08 Å². The number of hydrogen-bond donors (Lipinski definition) is 2. The van der Waals surface area contributed by atoms with Crippen LogP contribution in [0.15, 0.2) is 36.4 Å². The summed E-state index contributed by atoms with van der Waals surface area (Å²) in [7, 11) is 0. The highest BCUT2D eigenvalue weighted by Gasteiger charge is 1.99. The van der Waals surface area contributed by atoms with Gasteiger partial charge < -0.3 is 10.2 Å². The van der Waals surface area contributed by atoms with Crippen LogP contribution in [0.5, 0.6) is 0 Å². The van der Waals surface area contributed by atoms with E-state index in [9.17, 15) is 0 Å². The molecular formula is C12H16O2S. The van der Waals surface area contributed by atoms with Gasteiger partial charge in [-0.1, -0.05) is 42.5 Å². The summed E-state index contributed by atoms with van der Waals surface area (Å²) < 4.78 is 0. The maximum atomic E-state index is 9.08. The average molecular weight is 224 g/mol. The van der Waals surface area contributed by atoms with Crippen LogP contribution in [-0.2, 0) is 0 Å². The van der Waals surface area contributed by atoms with Crippen molar-refractivity contribution in [3.63, 3.8) is 0 Å². The highest BCUT2D eigenvalue weighted by molar-refractivity contribution is 7.99. The van der Waals surface area contributed by atoms with E-state index in [1.54, 1.807) is 11.8 Å². The van der Waals surface area contributed by atoms with Crippen molar-refractivity contribution in [1.29, 1.82) is 0 Å². The van der Waals surface area contributed by atoms with E-state index in [1.807, 2.05) is 30.3 Å². The van der Waals surface area contributed by atoms with Crippen LogP contribution in [0.3, 0.4) is 0 Å². The molecule has 0 saturated carbocycles. The molecule has 2 N–H and O–H groups in total. The molecule has 15 heavy (non-hydrogen) atoms. The molecule has 0 aliphatic carbocycles. The highest BCUT2D eigenvalue weighted by Crippen LogP contribution is 2.06. The molecular weight excluding hydrogens is 208 g/mol. The fourth-order valence-electron chi connectivity index (χ4n) is 1.07. The van der Waals surface area contributed by atoms with Crippen molar-refractivity contribution in [2.24, 2.45) is 0 Å². The molecule has 2 nitrogen and oxygen atoms in total. The zero-order valence-electron chi connectivity index (χ0n) is 8.54. The van der Waals surface area contributed by atoms with Crippen LogP contribution in [0, 0.1) is 0 Å². The van der Waals surface area contributed by atoms with Crippen molar-refractivity contribution in [3.05, 3.63) is 42.0 Å². The quantitative estimate of drug-likeness (QED) is 0.724. The van der Waals surface area contributed by atoms with E-state index < -0.39 is 6.10 Å². The second kappa shape index (κ2) is 7.51. The van der Waals surface area contributed by atoms with Crippen LogP contribution in [0.4, 0.5) is 0 Å². The molecule has 1 rings (SSSR count). The van der Waals surface area contributed by atoms with Crippen molar-refractivity contribution in [2.45, 2.75) is 6.10 Å². The first-order valence-electron chi connectivity index (χ1n) is 4.91. The fraction of sp³-hybridized carbons (Fsp3) is 0.333. The molecule has 3 heteroatoms. The smallest absolute Gasteiger partial charge is 0.0861 e. The van der Waals surface area contributed by atoms with Gasteiger partial charge in [-0.05, 0) is 5.56 Å². The van der Waals surface area contributed by atoms with E-state index in [1.165, 1.54) is 5.56 Å². The van der Waals surface area contributed by atoms with Crippen LogP contribution < -0.4 is 0 Å². The SMILES string of the molecule is OC[C@@H](O)CSC/C=C/c1ccccc1. The van der Waals surface area contributed by atoms with Crippen molar-refractivity contribution < 1.29 is 10.2 Å². The summed E-state index contributed by atoms with van der Waals surface area (Å²) in [4.78, 5) is 0. The standard InChI is InChI=1S/C12H16O2S/c13-9-12(14)10-15-8-4-7-11-5-2-1-3-6-11/h1-7,12-14H,8-10H2/b7-4+/t12-/m1/s1. The lowest BCUT2D eigenvalue weighted by Gasteiger charge is -2.03. The Kier molecular flexibility index (Phi) is 6.16. The lowest BCUT2D eigenvalue weighted by molar-refractivity contribution is 0.113. The Labute approximate surface area is 94.6 Å². The first-order valence-corrected chi connectivity index (χ1v) is 6.06. The van der Waals surface area contributed by atoms with E-state index in [0.717, 1.165) is 5.75 Å². The lowest BCUT2D eigenvalue weighted by atomic mass is 10.2. The predicted molar refractivity (Wildman–Crippen MR) is 65.9 cm³/mol. The Morgan fingerprint density at radius 1 is 1.27 bits per heavy atom. The highest BCUT2D eigenvalue weighted by atomic mass is 32.2. The normalized spacial score (nSPS) is 13.2. The second-order valence-corrected chi connectivity index (χ2v) is 4.26. The van der Waals surface area contributed by atoms with Crippen molar-refractivity contribution in [3.8, 4) is 0 Å². The number of aliphatic hydroxyl groups is 2. The molecule has 0 aromatic heterocycles. The largest absolute Gasteiger partial charge is 0.394 e. The van der Waals surface area contributed by atoms with Crippen molar-refractivity contribution >= 4 is 17.8 Å². The molecule has 0 radical (unpaired) electrons. The summed E-state index contributed by atoms with van der Waals surface area (Å²) in [6.45, 7) is -0.157. The monoisotopic (exact) mass is 224 g/mol. The third-order valence-electron chi connectivity index (χ3n) is 1.84. The van der Waals surface area contributed by atoms with Gasteiger partial charge >= 0.3 is 0 Å². The zero-order chi connectivity index (χ0) is 10.9. The Morgan fingerprint density at radius 3 is 2.67 bits per heavy atom. The van der Waals surface area contributed by atoms with Crippen LogP contribution in [0.1, 0.15) is 5.56 Å². The summed E-state index contributed by atoms with van der Waals surface area (Å²) in [6, 6.07) is 10.1. The molecule has 0 aliphatic heterocycles. The summed E-state index contributed by atoms with van der Waals surface area (Å²) in [5.74, 6) is 1.43. The maximum Gasteiger partial charge on any atom is 0.0861 e. The first kappa shape index (κ1) is 12.3. The lowest BCUT2D eigenvalue weighted by Crippen LogP contribution is -2.14. The second-order valence-electron chi connectivity index (χ2n) is 3.19. The van der Waals surface area contributed by atoms with Gasteiger partial charge in [-0.2, -0.15) is 11.8 Å². The minimum Gasteiger partial charge on any atom is -0.394 e. The molecule has 82 valence electrons. The third kappa shape index (κ3) is 5.62. The number of thioether (sulfide) groups is 1. The minimum atomic E-state index is -0.597. The third-order valence-corrected chi connectivity index (χ3v) is 2.89. The zero-order valence-corrected chi connectivity index (χ0v) is 9.36. The van der Waals surface area contributed by atoms with E-state index in [-0.39, 0.29) is 6.61 Å². The molecule has 1 aromatic carbocycles. The number of aliphatic hydroxyl groups excluding tert-OH is 2. The van der Waals surface area contributed by atoms with Crippen LogP contribution in [0.2, 0.25) is 0 Å². The number of hydrogen-bond acceptors (Lipinski definition) is 3. The van der Waals surface area contributed by atoms with Gasteiger partial charge in [-0.25, -0.2) is 0 Å². The number of benzene rings is 1. The van der Waals surface area contributed by atoms with Gasteiger partial charge in [0.15, 0.2) is 0 Å². The van der Waals surface area contributed by atoms with Gasteiger partial charge in [0.2, 0.25) is 0 Å². The molecule has 1 aromatic rings. The van der Waals surface area contributed by atoms with Gasteiger partial charge in [0.05, 0.1) is 12.7 Å². The van der Waals surface area contributed by atoms with Crippen LogP contribution in [-0.4, -0.2) is 34.4 Å². The molecule has 0 aliphatic rings. The molecule has 0 saturated heterocycles. The molecule has 0 amide bonds. The molecule has 1 atom stereocenters. The Bertz CT molecular complexity index is 285. The number of rotatable bonds is 6. The summed E-state index contributed by atoms with van der Waals surface area (Å²) in [5, 5.41) is 17.7. The molecule has 0 spiro atoms. The van der Waals surface area contributed by atoms with E-state index in [0.29, 0.717) is 5.75 Å².